The Hall–Kier alpha value is -3.11. The summed E-state index contributed by atoms with van der Waals surface area (Å²) in [6, 6.07) is 20.3. The SMILES string of the molecule is Nc1ccccc1C(=O)Nc1ccc(Cl)cc1C(=O)c1ccccc1. The Balaban J connectivity index is 1.96. The topological polar surface area (TPSA) is 72.2 Å². The Morgan fingerprint density at radius 3 is 2.24 bits per heavy atom. The molecule has 0 aromatic heterocycles. The molecule has 3 aromatic carbocycles. The molecule has 25 heavy (non-hydrogen) atoms. The number of hydrogen-bond acceptors (Lipinski definition) is 3. The van der Waals surface area contributed by atoms with Crippen molar-refractivity contribution in [2.75, 3.05) is 11.1 Å². The summed E-state index contributed by atoms with van der Waals surface area (Å²) < 4.78 is 0. The van der Waals surface area contributed by atoms with Crippen molar-refractivity contribution in [1.29, 1.82) is 0 Å². The first-order valence-electron chi connectivity index (χ1n) is 7.61. The first-order chi connectivity index (χ1) is 12.1. The lowest BCUT2D eigenvalue weighted by atomic mass is 10.0. The molecule has 1 amide bonds. The molecule has 4 nitrogen and oxygen atoms in total. The van der Waals surface area contributed by atoms with Gasteiger partial charge in [-0.1, -0.05) is 54.1 Å². The lowest BCUT2D eigenvalue weighted by Gasteiger charge is -2.12. The molecular formula is C20H15ClN2O2. The van der Waals surface area contributed by atoms with Crippen LogP contribution in [0.5, 0.6) is 0 Å². The summed E-state index contributed by atoms with van der Waals surface area (Å²) in [6.45, 7) is 0. The Morgan fingerprint density at radius 2 is 1.52 bits per heavy atom. The molecule has 0 aliphatic rings. The maximum absolute atomic E-state index is 12.8. The molecule has 0 unspecified atom stereocenters. The van der Waals surface area contributed by atoms with Gasteiger partial charge < -0.3 is 11.1 Å². The van der Waals surface area contributed by atoms with Gasteiger partial charge in [-0.05, 0) is 30.3 Å². The smallest absolute Gasteiger partial charge is 0.257 e. The summed E-state index contributed by atoms with van der Waals surface area (Å²) in [4.78, 5) is 25.3. The molecule has 3 N–H and O–H groups in total. The Kier molecular flexibility index (Phi) is 4.82. The van der Waals surface area contributed by atoms with E-state index in [9.17, 15) is 9.59 Å². The third kappa shape index (κ3) is 3.70. The maximum Gasteiger partial charge on any atom is 0.257 e. The van der Waals surface area contributed by atoms with Gasteiger partial charge in [0.25, 0.3) is 5.91 Å². The van der Waals surface area contributed by atoms with Crippen molar-refractivity contribution < 1.29 is 9.59 Å². The van der Waals surface area contributed by atoms with Gasteiger partial charge >= 0.3 is 0 Å². The van der Waals surface area contributed by atoms with Crippen LogP contribution in [0.15, 0.2) is 72.8 Å². The van der Waals surface area contributed by atoms with Gasteiger partial charge in [-0.2, -0.15) is 0 Å². The molecule has 0 aliphatic carbocycles. The first kappa shape index (κ1) is 16.7. The van der Waals surface area contributed by atoms with Crippen LogP contribution in [0, 0.1) is 0 Å². The highest BCUT2D eigenvalue weighted by atomic mass is 35.5. The van der Waals surface area contributed by atoms with Crippen LogP contribution in [-0.2, 0) is 0 Å². The quantitative estimate of drug-likeness (QED) is 0.541. The van der Waals surface area contributed by atoms with Crippen LogP contribution in [0.1, 0.15) is 26.3 Å². The summed E-state index contributed by atoms with van der Waals surface area (Å²) in [5.74, 6) is -0.609. The van der Waals surface area contributed by atoms with Crippen molar-refractivity contribution in [3.05, 3.63) is 94.5 Å². The van der Waals surface area contributed by atoms with E-state index in [1.54, 1.807) is 66.7 Å². The third-order valence-electron chi connectivity index (χ3n) is 3.72. The number of para-hydroxylation sites is 1. The minimum Gasteiger partial charge on any atom is -0.398 e. The number of ketones is 1. The zero-order valence-corrected chi connectivity index (χ0v) is 14.0. The fourth-order valence-electron chi connectivity index (χ4n) is 2.45. The van der Waals surface area contributed by atoms with Gasteiger partial charge in [-0.15, -0.1) is 0 Å². The van der Waals surface area contributed by atoms with E-state index in [2.05, 4.69) is 5.32 Å². The summed E-state index contributed by atoms with van der Waals surface area (Å²) in [7, 11) is 0. The van der Waals surface area contributed by atoms with E-state index in [0.29, 0.717) is 33.1 Å². The Labute approximate surface area is 150 Å². The number of benzene rings is 3. The highest BCUT2D eigenvalue weighted by Gasteiger charge is 2.17. The van der Waals surface area contributed by atoms with Crippen molar-refractivity contribution in [2.45, 2.75) is 0 Å². The fourth-order valence-corrected chi connectivity index (χ4v) is 2.62. The second kappa shape index (κ2) is 7.20. The van der Waals surface area contributed by atoms with Gasteiger partial charge in [0.05, 0.1) is 11.3 Å². The molecule has 3 rings (SSSR count). The summed E-state index contributed by atoms with van der Waals surface area (Å²) >= 11 is 6.04. The number of anilines is 2. The number of amides is 1. The monoisotopic (exact) mass is 350 g/mol. The van der Waals surface area contributed by atoms with Crippen molar-refractivity contribution in [1.82, 2.24) is 0 Å². The van der Waals surface area contributed by atoms with Crippen molar-refractivity contribution in [2.24, 2.45) is 0 Å². The van der Waals surface area contributed by atoms with Crippen molar-refractivity contribution in [3.63, 3.8) is 0 Å². The molecule has 0 saturated heterocycles. The van der Waals surface area contributed by atoms with Crippen LogP contribution in [0.25, 0.3) is 0 Å². The molecule has 0 aliphatic heterocycles. The van der Waals surface area contributed by atoms with E-state index in [1.165, 1.54) is 0 Å². The second-order valence-corrected chi connectivity index (χ2v) is 5.86. The zero-order chi connectivity index (χ0) is 17.8. The van der Waals surface area contributed by atoms with Crippen molar-refractivity contribution >= 4 is 34.7 Å². The van der Waals surface area contributed by atoms with Crippen LogP contribution in [0.2, 0.25) is 5.02 Å². The Morgan fingerprint density at radius 1 is 0.840 bits per heavy atom. The van der Waals surface area contributed by atoms with Gasteiger partial charge in [0.15, 0.2) is 5.78 Å². The summed E-state index contributed by atoms with van der Waals surface area (Å²) in [6.07, 6.45) is 0. The average Bonchev–Trinajstić information content (AvgIpc) is 2.63. The lowest BCUT2D eigenvalue weighted by Crippen LogP contribution is -2.16. The molecule has 5 heteroatoms. The molecule has 0 bridgehead atoms. The minimum atomic E-state index is -0.387. The number of halogens is 1. The predicted molar refractivity (Wildman–Crippen MR) is 100 cm³/mol. The van der Waals surface area contributed by atoms with Gasteiger partial charge in [0, 0.05) is 21.8 Å². The van der Waals surface area contributed by atoms with E-state index < -0.39 is 0 Å². The van der Waals surface area contributed by atoms with E-state index in [4.69, 9.17) is 17.3 Å². The van der Waals surface area contributed by atoms with Gasteiger partial charge in [-0.25, -0.2) is 0 Å². The molecule has 0 atom stereocenters. The molecule has 0 radical (unpaired) electrons. The number of carbonyl (C=O) groups excluding carboxylic acids is 2. The van der Waals surface area contributed by atoms with E-state index >= 15 is 0 Å². The van der Waals surface area contributed by atoms with Gasteiger partial charge in [0.1, 0.15) is 0 Å². The fraction of sp³-hybridized carbons (Fsp3) is 0. The molecule has 124 valence electrons. The summed E-state index contributed by atoms with van der Waals surface area (Å²) in [5.41, 5.74) is 7.76. The molecule has 0 saturated carbocycles. The molecule has 0 spiro atoms. The molecular weight excluding hydrogens is 336 g/mol. The number of nitrogen functional groups attached to an aromatic ring is 1. The zero-order valence-electron chi connectivity index (χ0n) is 13.2. The van der Waals surface area contributed by atoms with Crippen LogP contribution in [-0.4, -0.2) is 11.7 Å². The number of rotatable bonds is 4. The van der Waals surface area contributed by atoms with Crippen LogP contribution < -0.4 is 11.1 Å². The number of hydrogen-bond donors (Lipinski definition) is 2. The molecule has 0 fully saturated rings. The van der Waals surface area contributed by atoms with E-state index in [1.807, 2.05) is 6.07 Å². The average molecular weight is 351 g/mol. The van der Waals surface area contributed by atoms with Gasteiger partial charge in [-0.3, -0.25) is 9.59 Å². The number of nitrogens with two attached hydrogens (primary N) is 1. The van der Waals surface area contributed by atoms with E-state index in [-0.39, 0.29) is 11.7 Å². The predicted octanol–water partition coefficient (Wildman–Crippen LogP) is 4.41. The number of carbonyl (C=O) groups is 2. The van der Waals surface area contributed by atoms with Gasteiger partial charge in [0.2, 0.25) is 0 Å². The minimum absolute atomic E-state index is 0.223. The second-order valence-electron chi connectivity index (χ2n) is 5.43. The normalized spacial score (nSPS) is 10.3. The lowest BCUT2D eigenvalue weighted by molar-refractivity contribution is 0.102. The Bertz CT molecular complexity index is 939. The van der Waals surface area contributed by atoms with Crippen LogP contribution in [0.3, 0.4) is 0 Å². The highest BCUT2D eigenvalue weighted by Crippen LogP contribution is 2.25. The number of nitrogens with one attached hydrogen (secondary N) is 1. The van der Waals surface area contributed by atoms with E-state index in [0.717, 1.165) is 0 Å². The van der Waals surface area contributed by atoms with Crippen LogP contribution in [0.4, 0.5) is 11.4 Å². The highest BCUT2D eigenvalue weighted by molar-refractivity contribution is 6.31. The van der Waals surface area contributed by atoms with Crippen molar-refractivity contribution in [3.8, 4) is 0 Å². The summed E-state index contributed by atoms with van der Waals surface area (Å²) in [5, 5.41) is 3.16. The molecule has 3 aromatic rings. The maximum atomic E-state index is 12.8. The van der Waals surface area contributed by atoms with Crippen LogP contribution >= 0.6 is 11.6 Å². The molecule has 0 heterocycles. The largest absolute Gasteiger partial charge is 0.398 e. The standard InChI is InChI=1S/C20H15ClN2O2/c21-14-10-11-18(23-20(25)15-8-4-5-9-17(15)22)16(12-14)19(24)13-6-2-1-3-7-13/h1-12H,22H2,(H,23,25). The first-order valence-corrected chi connectivity index (χ1v) is 7.99. The third-order valence-corrected chi connectivity index (χ3v) is 3.95.